The number of halogens is 1. The number of hydrogen-bond acceptors (Lipinski definition) is 4. The highest BCUT2D eigenvalue weighted by atomic mass is 35.5. The van der Waals surface area contributed by atoms with Gasteiger partial charge in [0, 0.05) is 19.2 Å². The number of aromatic nitrogens is 2. The highest BCUT2D eigenvalue weighted by Gasteiger charge is 2.36. The molecule has 0 radical (unpaired) electrons. The van der Waals surface area contributed by atoms with Crippen LogP contribution < -0.4 is 0 Å². The van der Waals surface area contributed by atoms with Crippen molar-refractivity contribution in [1.82, 2.24) is 14.7 Å². The number of amides is 1. The highest BCUT2D eigenvalue weighted by Crippen LogP contribution is 2.37. The third-order valence-corrected chi connectivity index (χ3v) is 6.68. The van der Waals surface area contributed by atoms with Crippen LogP contribution in [0.2, 0.25) is 5.15 Å². The second-order valence-corrected chi connectivity index (χ2v) is 8.93. The molecule has 0 unspecified atom stereocenters. The van der Waals surface area contributed by atoms with Gasteiger partial charge in [0.1, 0.15) is 10.9 Å². The molecule has 1 aromatic rings. The van der Waals surface area contributed by atoms with Crippen LogP contribution in [0.15, 0.2) is 0 Å². The molecular formula is C14H22ClN3O3S. The predicted octanol–water partition coefficient (Wildman–Crippen LogP) is 1.87. The quantitative estimate of drug-likeness (QED) is 0.833. The van der Waals surface area contributed by atoms with E-state index in [1.807, 2.05) is 6.92 Å². The van der Waals surface area contributed by atoms with E-state index in [1.54, 1.807) is 30.5 Å². The van der Waals surface area contributed by atoms with Crippen molar-refractivity contribution < 1.29 is 13.2 Å². The van der Waals surface area contributed by atoms with Crippen LogP contribution >= 0.6 is 11.6 Å². The van der Waals surface area contributed by atoms with E-state index in [0.29, 0.717) is 11.7 Å². The van der Waals surface area contributed by atoms with Crippen LogP contribution in [-0.4, -0.2) is 46.6 Å². The van der Waals surface area contributed by atoms with E-state index in [2.05, 4.69) is 5.10 Å². The minimum Gasteiger partial charge on any atom is -0.335 e. The lowest BCUT2D eigenvalue weighted by molar-refractivity contribution is -0.129. The summed E-state index contributed by atoms with van der Waals surface area (Å²) < 4.78 is 25.6. The van der Waals surface area contributed by atoms with E-state index in [0.717, 1.165) is 24.1 Å². The largest absolute Gasteiger partial charge is 0.335 e. The molecule has 0 bridgehead atoms. The molecule has 22 heavy (non-hydrogen) atoms. The van der Waals surface area contributed by atoms with Crippen LogP contribution in [0.3, 0.4) is 0 Å². The number of hydrogen-bond donors (Lipinski definition) is 0. The Labute approximate surface area is 136 Å². The molecule has 1 saturated heterocycles. The van der Waals surface area contributed by atoms with Crippen molar-refractivity contribution in [3.05, 3.63) is 16.4 Å². The number of aryl methyl sites for hydroxylation is 2. The zero-order chi connectivity index (χ0) is 16.7. The van der Waals surface area contributed by atoms with Gasteiger partial charge in [-0.15, -0.1) is 0 Å². The summed E-state index contributed by atoms with van der Waals surface area (Å²) >= 11 is 6.29. The number of nitrogens with zero attached hydrogens (tertiary/aromatic N) is 3. The molecule has 0 aromatic carbocycles. The SMILES string of the molecule is Cc1nn(C)c(Cl)c1[C@H]1CCCN1C(=O)CS(=O)(=O)C(C)C. The zero-order valence-electron chi connectivity index (χ0n) is 13.3. The number of carbonyl (C=O) groups is 1. The lowest BCUT2D eigenvalue weighted by Gasteiger charge is -2.25. The smallest absolute Gasteiger partial charge is 0.238 e. The molecule has 1 amide bonds. The van der Waals surface area contributed by atoms with E-state index < -0.39 is 20.8 Å². The van der Waals surface area contributed by atoms with Crippen LogP contribution in [0.1, 0.15) is 44.0 Å². The summed E-state index contributed by atoms with van der Waals surface area (Å²) in [5.74, 6) is -0.798. The van der Waals surface area contributed by atoms with Gasteiger partial charge in [-0.05, 0) is 33.6 Å². The van der Waals surface area contributed by atoms with E-state index >= 15 is 0 Å². The maximum atomic E-state index is 12.5. The minimum atomic E-state index is -3.40. The first-order valence-electron chi connectivity index (χ1n) is 7.35. The first-order chi connectivity index (χ1) is 10.1. The average Bonchev–Trinajstić information content (AvgIpc) is 2.95. The third kappa shape index (κ3) is 3.15. The van der Waals surface area contributed by atoms with Crippen molar-refractivity contribution in [3.8, 4) is 0 Å². The molecule has 0 N–H and O–H groups in total. The first-order valence-corrected chi connectivity index (χ1v) is 9.44. The first kappa shape index (κ1) is 17.3. The van der Waals surface area contributed by atoms with E-state index in [1.165, 1.54) is 0 Å². The van der Waals surface area contributed by atoms with Gasteiger partial charge in [-0.1, -0.05) is 11.6 Å². The summed E-state index contributed by atoms with van der Waals surface area (Å²) in [7, 11) is -1.65. The maximum Gasteiger partial charge on any atom is 0.238 e. The highest BCUT2D eigenvalue weighted by molar-refractivity contribution is 7.92. The summed E-state index contributed by atoms with van der Waals surface area (Å²) in [5.41, 5.74) is 1.61. The zero-order valence-corrected chi connectivity index (χ0v) is 14.9. The van der Waals surface area contributed by atoms with Gasteiger partial charge in [0.05, 0.1) is 17.0 Å². The maximum absolute atomic E-state index is 12.5. The molecule has 0 saturated carbocycles. The minimum absolute atomic E-state index is 0.184. The number of carbonyl (C=O) groups excluding carboxylic acids is 1. The number of sulfone groups is 1. The Kier molecular flexibility index (Phi) is 4.87. The third-order valence-electron chi connectivity index (χ3n) is 4.15. The molecule has 1 aromatic heterocycles. The molecule has 8 heteroatoms. The number of likely N-dealkylation sites (tertiary alicyclic amines) is 1. The molecular weight excluding hydrogens is 326 g/mol. The lowest BCUT2D eigenvalue weighted by atomic mass is 10.1. The van der Waals surface area contributed by atoms with E-state index in [4.69, 9.17) is 11.6 Å². The van der Waals surface area contributed by atoms with Gasteiger partial charge < -0.3 is 4.90 Å². The van der Waals surface area contributed by atoms with Crippen molar-refractivity contribution in [1.29, 1.82) is 0 Å². The molecule has 1 aliphatic rings. The Bertz CT molecular complexity index is 682. The summed E-state index contributed by atoms with van der Waals surface area (Å²) in [4.78, 5) is 14.1. The molecule has 2 heterocycles. The molecule has 2 rings (SSSR count). The Morgan fingerprint density at radius 2 is 2.09 bits per heavy atom. The monoisotopic (exact) mass is 347 g/mol. The summed E-state index contributed by atoms with van der Waals surface area (Å²) in [6.07, 6.45) is 1.61. The molecule has 1 fully saturated rings. The van der Waals surface area contributed by atoms with Gasteiger partial charge in [-0.3, -0.25) is 9.48 Å². The standard InChI is InChI=1S/C14H22ClN3O3S/c1-9(2)22(20,21)8-12(19)18-7-5-6-11(18)13-10(3)16-17(4)14(13)15/h9,11H,5-8H2,1-4H3/t11-/m1/s1. The summed E-state index contributed by atoms with van der Waals surface area (Å²) in [6.45, 7) is 5.59. The summed E-state index contributed by atoms with van der Waals surface area (Å²) in [5, 5.41) is 4.23. The Morgan fingerprint density at radius 1 is 1.45 bits per heavy atom. The predicted molar refractivity (Wildman–Crippen MR) is 85.6 cm³/mol. The van der Waals surface area contributed by atoms with Crippen molar-refractivity contribution in [3.63, 3.8) is 0 Å². The summed E-state index contributed by atoms with van der Waals surface area (Å²) in [6, 6.07) is -0.184. The van der Waals surface area contributed by atoms with Gasteiger partial charge in [0.15, 0.2) is 9.84 Å². The fraction of sp³-hybridized carbons (Fsp3) is 0.714. The fourth-order valence-electron chi connectivity index (χ4n) is 2.81. The van der Waals surface area contributed by atoms with Crippen molar-refractivity contribution in [2.75, 3.05) is 12.3 Å². The van der Waals surface area contributed by atoms with Gasteiger partial charge in [0.25, 0.3) is 0 Å². The topological polar surface area (TPSA) is 72.3 Å². The van der Waals surface area contributed by atoms with Crippen molar-refractivity contribution in [2.24, 2.45) is 7.05 Å². The van der Waals surface area contributed by atoms with Crippen LogP contribution in [0, 0.1) is 6.92 Å². The van der Waals surface area contributed by atoms with Crippen LogP contribution in [0.25, 0.3) is 0 Å². The van der Waals surface area contributed by atoms with Gasteiger partial charge in [-0.2, -0.15) is 5.10 Å². The average molecular weight is 348 g/mol. The Morgan fingerprint density at radius 3 is 2.59 bits per heavy atom. The lowest BCUT2D eigenvalue weighted by Crippen LogP contribution is -2.37. The molecule has 1 atom stereocenters. The molecule has 1 aliphatic heterocycles. The van der Waals surface area contributed by atoms with Crippen molar-refractivity contribution >= 4 is 27.3 Å². The second kappa shape index (κ2) is 6.20. The van der Waals surface area contributed by atoms with Crippen LogP contribution in [0.4, 0.5) is 0 Å². The Balaban J connectivity index is 2.26. The molecule has 6 nitrogen and oxygen atoms in total. The Hall–Kier alpha value is -1.08. The van der Waals surface area contributed by atoms with Crippen LogP contribution in [0.5, 0.6) is 0 Å². The van der Waals surface area contributed by atoms with E-state index in [-0.39, 0.29) is 11.9 Å². The second-order valence-electron chi connectivity index (χ2n) is 6.01. The van der Waals surface area contributed by atoms with Crippen molar-refractivity contribution in [2.45, 2.75) is 44.9 Å². The fourth-order valence-corrected chi connectivity index (χ4v) is 3.96. The van der Waals surface area contributed by atoms with E-state index in [9.17, 15) is 13.2 Å². The molecule has 0 aliphatic carbocycles. The van der Waals surface area contributed by atoms with Gasteiger partial charge in [0.2, 0.25) is 5.91 Å². The van der Waals surface area contributed by atoms with Gasteiger partial charge in [-0.25, -0.2) is 8.42 Å². The normalized spacial score (nSPS) is 19.2. The van der Waals surface area contributed by atoms with Gasteiger partial charge >= 0.3 is 0 Å². The van der Waals surface area contributed by atoms with Crippen LogP contribution in [-0.2, 0) is 21.7 Å². The number of rotatable bonds is 4. The molecule has 124 valence electrons. The molecule has 0 spiro atoms.